The number of hydrogen-bond acceptors (Lipinski definition) is 1. The molecule has 1 rings (SSSR count). The molecule has 0 fully saturated rings. The Morgan fingerprint density at radius 3 is 2.50 bits per heavy atom. The van der Waals surface area contributed by atoms with Crippen molar-refractivity contribution in [1.82, 2.24) is 4.90 Å². The normalized spacial score (nSPS) is 10.4. The molecule has 86 valence electrons. The maximum absolute atomic E-state index is 5.25. The van der Waals surface area contributed by atoms with Crippen LogP contribution in [0.1, 0.15) is 24.0 Å². The van der Waals surface area contributed by atoms with E-state index in [1.165, 1.54) is 30.4 Å². The summed E-state index contributed by atoms with van der Waals surface area (Å²) in [6, 6.07) is 8.81. The summed E-state index contributed by atoms with van der Waals surface area (Å²) < 4.78 is 0. The van der Waals surface area contributed by atoms with Gasteiger partial charge in [0.25, 0.3) is 0 Å². The number of terminal acetylenes is 1. The zero-order valence-corrected chi connectivity index (χ0v) is 10.4. The van der Waals surface area contributed by atoms with Crippen molar-refractivity contribution in [1.29, 1.82) is 0 Å². The minimum atomic E-state index is 0.754. The summed E-state index contributed by atoms with van der Waals surface area (Å²) in [4.78, 5) is 2.19. The lowest BCUT2D eigenvalue weighted by Crippen LogP contribution is -2.19. The van der Waals surface area contributed by atoms with Gasteiger partial charge in [0.1, 0.15) is 0 Å². The van der Waals surface area contributed by atoms with Gasteiger partial charge in [-0.1, -0.05) is 35.7 Å². The van der Waals surface area contributed by atoms with Gasteiger partial charge >= 0.3 is 0 Å². The van der Waals surface area contributed by atoms with Gasteiger partial charge in [-0.3, -0.25) is 4.90 Å². The summed E-state index contributed by atoms with van der Waals surface area (Å²) in [5, 5.41) is 0. The molecule has 0 bridgehead atoms. The number of hydrogen-bond donors (Lipinski definition) is 0. The highest BCUT2D eigenvalue weighted by Gasteiger charge is 1.96. The fourth-order valence-corrected chi connectivity index (χ4v) is 1.70. The Morgan fingerprint density at radius 2 is 1.88 bits per heavy atom. The lowest BCUT2D eigenvalue weighted by atomic mass is 10.1. The lowest BCUT2D eigenvalue weighted by Gasteiger charge is -2.12. The van der Waals surface area contributed by atoms with Gasteiger partial charge in [0.15, 0.2) is 0 Å². The van der Waals surface area contributed by atoms with Gasteiger partial charge in [-0.2, -0.15) is 0 Å². The molecule has 16 heavy (non-hydrogen) atoms. The molecule has 0 atom stereocenters. The number of unbranched alkanes of at least 4 members (excludes halogenated alkanes) is 1. The smallest absolute Gasteiger partial charge is 0.0596 e. The summed E-state index contributed by atoms with van der Waals surface area (Å²) in [5.74, 6) is 2.66. The first-order valence-corrected chi connectivity index (χ1v) is 5.90. The van der Waals surface area contributed by atoms with Crippen molar-refractivity contribution >= 4 is 0 Å². The van der Waals surface area contributed by atoms with Crippen LogP contribution < -0.4 is 0 Å². The molecule has 0 unspecified atom stereocenters. The van der Waals surface area contributed by atoms with E-state index in [1.807, 2.05) is 0 Å². The second kappa shape index (κ2) is 7.09. The minimum Gasteiger partial charge on any atom is -0.295 e. The molecule has 0 aliphatic rings. The molecule has 1 heteroatoms. The molecule has 1 aromatic rings. The van der Waals surface area contributed by atoms with Crippen LogP contribution in [0.5, 0.6) is 0 Å². The van der Waals surface area contributed by atoms with Crippen LogP contribution in [0.3, 0.4) is 0 Å². The van der Waals surface area contributed by atoms with E-state index in [2.05, 4.69) is 49.1 Å². The first-order chi connectivity index (χ1) is 7.72. The van der Waals surface area contributed by atoms with E-state index in [0.29, 0.717) is 0 Å². The third kappa shape index (κ3) is 5.00. The van der Waals surface area contributed by atoms with E-state index in [4.69, 9.17) is 6.42 Å². The average molecular weight is 215 g/mol. The SMILES string of the molecule is C#CCN(C)CCCCc1ccc(C)cc1. The van der Waals surface area contributed by atoms with Gasteiger partial charge in [-0.15, -0.1) is 6.42 Å². The van der Waals surface area contributed by atoms with Gasteiger partial charge in [-0.25, -0.2) is 0 Å². The first kappa shape index (κ1) is 12.8. The second-order valence-corrected chi connectivity index (χ2v) is 4.38. The second-order valence-electron chi connectivity index (χ2n) is 4.38. The maximum atomic E-state index is 5.25. The molecule has 0 saturated heterocycles. The predicted octanol–water partition coefficient (Wildman–Crippen LogP) is 2.88. The maximum Gasteiger partial charge on any atom is 0.0596 e. The molecular formula is C15H21N. The minimum absolute atomic E-state index is 0.754. The molecule has 0 heterocycles. The van der Waals surface area contributed by atoms with Gasteiger partial charge in [0.2, 0.25) is 0 Å². The summed E-state index contributed by atoms with van der Waals surface area (Å²) in [6.07, 6.45) is 8.87. The topological polar surface area (TPSA) is 3.24 Å². The van der Waals surface area contributed by atoms with Crippen LogP contribution in [-0.2, 0) is 6.42 Å². The Morgan fingerprint density at radius 1 is 1.19 bits per heavy atom. The van der Waals surface area contributed by atoms with Crippen LogP contribution >= 0.6 is 0 Å². The largest absolute Gasteiger partial charge is 0.295 e. The molecule has 0 spiro atoms. The van der Waals surface area contributed by atoms with E-state index in [-0.39, 0.29) is 0 Å². The quantitative estimate of drug-likeness (QED) is 0.521. The molecule has 0 radical (unpaired) electrons. The fourth-order valence-electron chi connectivity index (χ4n) is 1.70. The van der Waals surface area contributed by atoms with Crippen LogP contribution in [0, 0.1) is 19.3 Å². The van der Waals surface area contributed by atoms with Crippen molar-refractivity contribution in [3.8, 4) is 12.3 Å². The number of rotatable bonds is 6. The highest BCUT2D eigenvalue weighted by atomic mass is 15.1. The summed E-state index contributed by atoms with van der Waals surface area (Å²) in [5.41, 5.74) is 2.77. The standard InChI is InChI=1S/C15H21N/c1-4-12-16(3)13-6-5-7-15-10-8-14(2)9-11-15/h1,8-11H,5-7,12-13H2,2-3H3. The van der Waals surface area contributed by atoms with E-state index < -0.39 is 0 Å². The predicted molar refractivity (Wildman–Crippen MR) is 70.4 cm³/mol. The van der Waals surface area contributed by atoms with E-state index in [0.717, 1.165) is 13.1 Å². The molecule has 1 aromatic carbocycles. The zero-order chi connectivity index (χ0) is 11.8. The Hall–Kier alpha value is -1.26. The summed E-state index contributed by atoms with van der Waals surface area (Å²) in [6.45, 7) is 3.97. The summed E-state index contributed by atoms with van der Waals surface area (Å²) >= 11 is 0. The van der Waals surface area contributed by atoms with Crippen molar-refractivity contribution < 1.29 is 0 Å². The number of aryl methyl sites for hydroxylation is 2. The highest BCUT2D eigenvalue weighted by Crippen LogP contribution is 2.07. The Bertz CT molecular complexity index is 331. The number of benzene rings is 1. The van der Waals surface area contributed by atoms with Crippen LogP contribution in [0.15, 0.2) is 24.3 Å². The Kier molecular flexibility index (Phi) is 5.67. The van der Waals surface area contributed by atoms with E-state index in [9.17, 15) is 0 Å². The Labute approximate surface area is 99.5 Å². The van der Waals surface area contributed by atoms with E-state index >= 15 is 0 Å². The molecule has 0 aliphatic carbocycles. The molecule has 0 N–H and O–H groups in total. The fraction of sp³-hybridized carbons (Fsp3) is 0.467. The van der Waals surface area contributed by atoms with Crippen molar-refractivity contribution in [3.63, 3.8) is 0 Å². The van der Waals surface area contributed by atoms with Crippen LogP contribution in [0.4, 0.5) is 0 Å². The van der Waals surface area contributed by atoms with E-state index in [1.54, 1.807) is 0 Å². The van der Waals surface area contributed by atoms with Crippen molar-refractivity contribution in [2.75, 3.05) is 20.1 Å². The molecule has 0 amide bonds. The third-order valence-corrected chi connectivity index (χ3v) is 2.74. The lowest BCUT2D eigenvalue weighted by molar-refractivity contribution is 0.364. The third-order valence-electron chi connectivity index (χ3n) is 2.74. The van der Waals surface area contributed by atoms with Crippen molar-refractivity contribution in [2.45, 2.75) is 26.2 Å². The molecule has 1 nitrogen and oxygen atoms in total. The monoisotopic (exact) mass is 215 g/mol. The Balaban J connectivity index is 2.16. The highest BCUT2D eigenvalue weighted by molar-refractivity contribution is 5.21. The number of nitrogens with zero attached hydrogens (tertiary/aromatic N) is 1. The zero-order valence-electron chi connectivity index (χ0n) is 10.4. The van der Waals surface area contributed by atoms with Gasteiger partial charge in [-0.05, 0) is 45.3 Å². The average Bonchev–Trinajstić information content (AvgIpc) is 2.27. The van der Waals surface area contributed by atoms with Gasteiger partial charge in [0, 0.05) is 0 Å². The van der Waals surface area contributed by atoms with Crippen molar-refractivity contribution in [3.05, 3.63) is 35.4 Å². The molecule has 0 saturated carbocycles. The molecule has 0 aliphatic heterocycles. The van der Waals surface area contributed by atoms with Crippen molar-refractivity contribution in [2.24, 2.45) is 0 Å². The van der Waals surface area contributed by atoms with Crippen LogP contribution in [-0.4, -0.2) is 25.0 Å². The molecule has 0 aromatic heterocycles. The molecular weight excluding hydrogens is 194 g/mol. The van der Waals surface area contributed by atoms with Gasteiger partial charge in [0.05, 0.1) is 6.54 Å². The summed E-state index contributed by atoms with van der Waals surface area (Å²) in [7, 11) is 2.08. The van der Waals surface area contributed by atoms with Crippen LogP contribution in [0.25, 0.3) is 0 Å². The van der Waals surface area contributed by atoms with Gasteiger partial charge < -0.3 is 0 Å². The van der Waals surface area contributed by atoms with Crippen LogP contribution in [0.2, 0.25) is 0 Å². The first-order valence-electron chi connectivity index (χ1n) is 5.90.